The van der Waals surface area contributed by atoms with Crippen LogP contribution in [0, 0.1) is 16.7 Å². The van der Waals surface area contributed by atoms with Crippen LogP contribution in [0.1, 0.15) is 53.4 Å². The first-order valence-corrected chi connectivity index (χ1v) is 55.3. The van der Waals surface area contributed by atoms with Crippen molar-refractivity contribution in [3.05, 3.63) is 23.8 Å². The SMILES string of the molecule is C=CCC[C@@H]1OC(=O)O[C@@H]2C(=O)C3C[C@H](OP(P(P)P(P)P)P(P(P)P)P(P)P)C(C)=C([C@H](OP(P(P)P)P(PP)P(P)P)C[C@]12C)C3(C)C. The zero-order chi connectivity index (χ0) is 38.0. The number of carbonyl (C=O) groups is 2. The van der Waals surface area contributed by atoms with Gasteiger partial charge in [0.05, 0.1) is 32.7 Å². The van der Waals surface area contributed by atoms with E-state index in [2.05, 4.69) is 141 Å². The molecule has 1 saturated heterocycles. The van der Waals surface area contributed by atoms with Crippen LogP contribution in [0.3, 0.4) is 0 Å². The monoisotopic (exact) mass is 1110 g/mol. The molecule has 6 nitrogen and oxygen atoms in total. The van der Waals surface area contributed by atoms with Crippen LogP contribution in [0.2, 0.25) is 0 Å². The van der Waals surface area contributed by atoms with E-state index in [9.17, 15) is 4.79 Å². The van der Waals surface area contributed by atoms with Gasteiger partial charge in [-0.3, -0.25) is 4.79 Å². The highest BCUT2D eigenvalue weighted by molar-refractivity contribution is 9.19. The van der Waals surface area contributed by atoms with Crippen LogP contribution in [0.25, 0.3) is 0 Å². The van der Waals surface area contributed by atoms with Crippen molar-refractivity contribution in [2.45, 2.75) is 77.8 Å². The highest BCUT2D eigenvalue weighted by Crippen LogP contribution is 3.18. The van der Waals surface area contributed by atoms with E-state index >= 15 is 4.79 Å². The molecule has 50 heavy (non-hydrogen) atoms. The maximum absolute atomic E-state index is 15.1. The van der Waals surface area contributed by atoms with Gasteiger partial charge in [-0.1, -0.05) is 43.7 Å². The number of hydrogen-bond donors (Lipinski definition) is 0. The van der Waals surface area contributed by atoms with Crippen molar-refractivity contribution in [2.75, 3.05) is 0 Å². The Morgan fingerprint density at radius 2 is 1.44 bits per heavy atom. The molecule has 1 aliphatic heterocycles. The van der Waals surface area contributed by atoms with Crippen LogP contribution in [0.15, 0.2) is 23.8 Å². The summed E-state index contributed by atoms with van der Waals surface area (Å²) in [4.78, 5) is 28.1. The second-order valence-electron chi connectivity index (χ2n) is 12.5. The predicted molar refractivity (Wildman–Crippen MR) is 291 cm³/mol. The van der Waals surface area contributed by atoms with Crippen LogP contribution in [0.4, 0.5) is 4.79 Å². The predicted octanol–water partition coefficient (Wildman–Crippen LogP) is 17.0. The molecule has 2 bridgehead atoms. The Morgan fingerprint density at radius 1 is 0.860 bits per heavy atom. The van der Waals surface area contributed by atoms with Gasteiger partial charge in [0.2, 0.25) is 0 Å². The minimum absolute atomic E-state index is 0.0127. The van der Waals surface area contributed by atoms with Gasteiger partial charge in [-0.25, -0.2) is 4.79 Å². The number of allylic oxidation sites excluding steroid dienone is 1. The molecule has 288 valence electrons. The van der Waals surface area contributed by atoms with Gasteiger partial charge < -0.3 is 18.5 Å². The summed E-state index contributed by atoms with van der Waals surface area (Å²) in [5.41, 5.74) is 1.12. The number of cyclic esters (lactones) is 1. The number of carbonyl (C=O) groups excluding carboxylic acids is 2. The van der Waals surface area contributed by atoms with Crippen LogP contribution in [0.5, 0.6) is 0 Å². The largest absolute Gasteiger partial charge is 0.509 e. The van der Waals surface area contributed by atoms with Gasteiger partial charge >= 0.3 is 6.16 Å². The number of rotatable bonds is 16. The molecule has 1 heterocycles. The minimum Gasteiger partial charge on any atom is -0.430 e. The van der Waals surface area contributed by atoms with Gasteiger partial charge in [0.1, 0.15) is 6.10 Å². The van der Waals surface area contributed by atoms with E-state index in [1.165, 1.54) is 11.1 Å². The molecule has 3 aliphatic rings. The average molecular weight is 1110 g/mol. The van der Waals surface area contributed by atoms with E-state index in [1.807, 2.05) is 6.08 Å². The molecule has 0 radical (unpaired) electrons. The van der Waals surface area contributed by atoms with Crippen LogP contribution in [-0.4, -0.2) is 36.4 Å². The number of ether oxygens (including phenoxy) is 2. The summed E-state index contributed by atoms with van der Waals surface area (Å²) in [5, 5.41) is 0. The Balaban J connectivity index is 2.33. The molecule has 2 fully saturated rings. The quantitative estimate of drug-likeness (QED) is 0.0871. The average Bonchev–Trinajstić information content (AvgIpc) is 2.99. The molecule has 0 amide bonds. The fourth-order valence-electron chi connectivity index (χ4n) is 6.74. The van der Waals surface area contributed by atoms with Crippen molar-refractivity contribution in [3.8, 4) is 0 Å². The number of ketones is 1. The first kappa shape index (κ1) is 52.6. The first-order valence-electron chi connectivity index (χ1n) is 14.9. The third-order valence-corrected chi connectivity index (χ3v) is 127. The maximum atomic E-state index is 15.1. The Labute approximate surface area is 341 Å². The van der Waals surface area contributed by atoms with E-state index in [0.29, 0.717) is 25.7 Å². The van der Waals surface area contributed by atoms with Crippen LogP contribution >= 0.6 is 186 Å². The fraction of sp³-hybridized carbons (Fsp3) is 0.714. The van der Waals surface area contributed by atoms with E-state index in [-0.39, 0.29) is 45.9 Å². The number of Topliss-reactive ketones (excluding diaryl/α,β-unsaturated/α-hetero) is 1. The van der Waals surface area contributed by atoms with Crippen molar-refractivity contribution in [1.29, 1.82) is 0 Å². The molecule has 3 rings (SSSR count). The highest BCUT2D eigenvalue weighted by Gasteiger charge is 2.62. The minimum atomic E-state index is -0.928. The molecule has 0 aromatic heterocycles. The molecule has 1 saturated carbocycles. The third-order valence-electron chi connectivity index (χ3n) is 9.01. The summed E-state index contributed by atoms with van der Waals surface area (Å²) in [6, 6.07) is 0. The zero-order valence-corrected chi connectivity index (χ0v) is 52.2. The standard InChI is InChI=1S/C21H53O6P23/c1-6-7-8-15-21(5)10-14(27-41(43(29)30)49(40-28)45(33)34)16-11(2)13(26-42(48(39)44(31)32)50(46(35)36)47(37)38)9-12(20(16,3)4)17(22)18(21)25-19(23)24-15/h6,12-15,18,40H,1,7-10,28-39H2,2-5H3/t12?,13-,14+,15-,18+,21+,41?,42?,48?,49?/m0/s1. The molecule has 2 aliphatic carbocycles. The van der Waals surface area contributed by atoms with Crippen molar-refractivity contribution in [2.24, 2.45) is 16.7 Å². The Kier molecular flexibility index (Phi) is 25.0. The Morgan fingerprint density at radius 3 is 1.92 bits per heavy atom. The molecule has 18 unspecified atom stereocenters. The normalized spacial score (nSPS) is 31.3. The molecule has 0 N–H and O–H groups in total. The zero-order valence-electron chi connectivity index (χ0n) is 28.3. The van der Waals surface area contributed by atoms with E-state index in [4.69, 9.17) is 18.5 Å². The first-order chi connectivity index (χ1) is 23.1. The van der Waals surface area contributed by atoms with E-state index in [0.717, 1.165) is 7.96 Å². The lowest BCUT2D eigenvalue weighted by atomic mass is 9.55. The van der Waals surface area contributed by atoms with Crippen molar-refractivity contribution < 1.29 is 28.1 Å². The van der Waals surface area contributed by atoms with Gasteiger partial charge in [0, 0.05) is 26.9 Å². The topological polar surface area (TPSA) is 71.1 Å². The van der Waals surface area contributed by atoms with Crippen molar-refractivity contribution in [1.82, 2.24) is 0 Å². The molecular formula is C21H53O6P23. The summed E-state index contributed by atoms with van der Waals surface area (Å²) < 4.78 is 27.1. The van der Waals surface area contributed by atoms with Gasteiger partial charge in [-0.15, -0.1) is 105 Å². The summed E-state index contributed by atoms with van der Waals surface area (Å²) in [6.45, 7) is 9.38. The van der Waals surface area contributed by atoms with Gasteiger partial charge in [-0.2, -0.15) is 0 Å². The second kappa shape index (κ2) is 23.8. The molecule has 23 atom stereocenters. The Bertz CT molecular complexity index is 1230. The summed E-state index contributed by atoms with van der Waals surface area (Å²) in [6.07, 6.45) is 1.50. The maximum Gasteiger partial charge on any atom is 0.509 e. The summed E-state index contributed by atoms with van der Waals surface area (Å²) in [7, 11) is 36.2. The second-order valence-corrected chi connectivity index (χ2v) is 95.8. The van der Waals surface area contributed by atoms with Crippen molar-refractivity contribution >= 4 is 198 Å². The summed E-state index contributed by atoms with van der Waals surface area (Å²) >= 11 is 0. The molecular weight excluding hydrogens is 1060 g/mol. The van der Waals surface area contributed by atoms with Gasteiger partial charge in [-0.05, 0) is 84.1 Å². The van der Waals surface area contributed by atoms with E-state index < -0.39 is 78.1 Å². The lowest BCUT2D eigenvalue weighted by Crippen LogP contribution is -2.62. The molecule has 0 aromatic carbocycles. The third kappa shape index (κ3) is 12.9. The fourth-order valence-corrected chi connectivity index (χ4v) is 169. The summed E-state index contributed by atoms with van der Waals surface area (Å²) in [5.74, 6) is -0.422. The van der Waals surface area contributed by atoms with Crippen LogP contribution < -0.4 is 0 Å². The van der Waals surface area contributed by atoms with E-state index in [1.54, 1.807) is 0 Å². The lowest BCUT2D eigenvalue weighted by Gasteiger charge is -2.55. The molecule has 0 aromatic rings. The van der Waals surface area contributed by atoms with Gasteiger partial charge in [0.15, 0.2) is 11.9 Å². The molecule has 0 spiro atoms. The molecule has 29 heteroatoms. The van der Waals surface area contributed by atoms with Crippen molar-refractivity contribution in [3.63, 3.8) is 0 Å². The smallest absolute Gasteiger partial charge is 0.430 e. The lowest BCUT2D eigenvalue weighted by molar-refractivity contribution is -0.182. The number of fused-ring (bicyclic) bond motifs is 3. The number of hydrogen-bond acceptors (Lipinski definition) is 6. The van der Waals surface area contributed by atoms with Crippen LogP contribution in [-0.2, 0) is 23.3 Å². The van der Waals surface area contributed by atoms with Gasteiger partial charge in [0.25, 0.3) is 0 Å². The Hall–Kier alpha value is 8.23. The highest BCUT2D eigenvalue weighted by atomic mass is 33.2.